The van der Waals surface area contributed by atoms with Gasteiger partial charge >= 0.3 is 5.97 Å². The first-order valence-corrected chi connectivity index (χ1v) is 8.25. The number of rotatable bonds is 4. The summed E-state index contributed by atoms with van der Waals surface area (Å²) in [5.74, 6) is -3.36. The van der Waals surface area contributed by atoms with E-state index in [1.807, 2.05) is 24.3 Å². The summed E-state index contributed by atoms with van der Waals surface area (Å²) in [5.41, 5.74) is 2.11. The molecule has 1 aliphatic rings. The van der Waals surface area contributed by atoms with Crippen molar-refractivity contribution in [2.45, 2.75) is 25.3 Å². The van der Waals surface area contributed by atoms with E-state index in [-0.39, 0.29) is 11.6 Å². The van der Waals surface area contributed by atoms with Crippen LogP contribution in [0.5, 0.6) is 17.2 Å². The van der Waals surface area contributed by atoms with Gasteiger partial charge in [0, 0.05) is 0 Å². The zero-order valence-corrected chi connectivity index (χ0v) is 13.9. The second kappa shape index (κ2) is 7.35. The Labute approximate surface area is 149 Å². The molecule has 1 unspecified atom stereocenters. The van der Waals surface area contributed by atoms with Gasteiger partial charge in [0.1, 0.15) is 0 Å². The number of phenolic OH excluding ortho intramolecular Hbond substituents is 3. The summed E-state index contributed by atoms with van der Waals surface area (Å²) in [6.45, 7) is -0.486. The maximum atomic E-state index is 12.1. The average molecular weight is 357 g/mol. The van der Waals surface area contributed by atoms with Gasteiger partial charge in [0.05, 0.1) is 11.6 Å². The largest absolute Gasteiger partial charge is 0.504 e. The van der Waals surface area contributed by atoms with Gasteiger partial charge in [0.25, 0.3) is 5.91 Å². The highest BCUT2D eigenvalue weighted by Crippen LogP contribution is 2.35. The zero-order chi connectivity index (χ0) is 18.7. The molecule has 1 amide bonds. The van der Waals surface area contributed by atoms with Crippen molar-refractivity contribution < 1.29 is 29.6 Å². The van der Waals surface area contributed by atoms with Crippen LogP contribution >= 0.6 is 0 Å². The Hall–Kier alpha value is -3.22. The predicted octanol–water partition coefficient (Wildman–Crippen LogP) is 2.15. The third kappa shape index (κ3) is 3.72. The number of aryl methyl sites for hydroxylation is 1. The first kappa shape index (κ1) is 17.6. The molecule has 1 aliphatic carbocycles. The minimum absolute atomic E-state index is 0.118. The van der Waals surface area contributed by atoms with E-state index in [2.05, 4.69) is 5.32 Å². The number of hydrogen-bond acceptors (Lipinski definition) is 6. The van der Waals surface area contributed by atoms with Gasteiger partial charge in [-0.1, -0.05) is 24.3 Å². The van der Waals surface area contributed by atoms with Crippen LogP contribution in [0, 0.1) is 0 Å². The van der Waals surface area contributed by atoms with Crippen LogP contribution in [0.2, 0.25) is 0 Å². The van der Waals surface area contributed by atoms with Gasteiger partial charge in [0.15, 0.2) is 23.9 Å². The van der Waals surface area contributed by atoms with Crippen molar-refractivity contribution in [2.75, 3.05) is 6.61 Å². The number of fused-ring (bicyclic) bond motifs is 1. The molecule has 7 heteroatoms. The van der Waals surface area contributed by atoms with Crippen molar-refractivity contribution in [3.05, 3.63) is 53.1 Å². The number of amides is 1. The highest BCUT2D eigenvalue weighted by molar-refractivity contribution is 5.92. The molecule has 2 aromatic rings. The van der Waals surface area contributed by atoms with Crippen LogP contribution in [0.4, 0.5) is 0 Å². The number of hydrogen-bond donors (Lipinski definition) is 4. The van der Waals surface area contributed by atoms with Gasteiger partial charge in [-0.25, -0.2) is 4.79 Å². The van der Waals surface area contributed by atoms with Crippen LogP contribution in [0.25, 0.3) is 0 Å². The molecule has 136 valence electrons. The summed E-state index contributed by atoms with van der Waals surface area (Å²) in [4.78, 5) is 24.1. The quantitative estimate of drug-likeness (QED) is 0.492. The van der Waals surface area contributed by atoms with E-state index in [0.29, 0.717) is 0 Å². The van der Waals surface area contributed by atoms with Crippen molar-refractivity contribution in [1.29, 1.82) is 0 Å². The van der Waals surface area contributed by atoms with Gasteiger partial charge < -0.3 is 25.4 Å². The van der Waals surface area contributed by atoms with E-state index >= 15 is 0 Å². The first-order valence-electron chi connectivity index (χ1n) is 8.25. The molecule has 0 bridgehead atoms. The Balaban J connectivity index is 1.59. The summed E-state index contributed by atoms with van der Waals surface area (Å²) in [7, 11) is 0. The molecule has 0 fully saturated rings. The number of esters is 1. The predicted molar refractivity (Wildman–Crippen MR) is 92.0 cm³/mol. The first-order chi connectivity index (χ1) is 12.5. The standard InChI is InChI=1S/C19H19NO6/c21-15-8-12(9-16(22)18(15)24)19(25)26-10-17(23)20-14-7-3-5-11-4-1-2-6-13(11)14/h1-2,4,6,8-9,14,21-22,24H,3,5,7,10H2,(H,20,23). The molecule has 0 aromatic heterocycles. The minimum atomic E-state index is -0.894. The second-order valence-corrected chi connectivity index (χ2v) is 6.15. The van der Waals surface area contributed by atoms with Crippen LogP contribution in [0.3, 0.4) is 0 Å². The Bertz CT molecular complexity index is 825. The molecule has 2 aromatic carbocycles. The third-order valence-electron chi connectivity index (χ3n) is 4.34. The lowest BCUT2D eigenvalue weighted by molar-refractivity contribution is -0.125. The molecule has 0 radical (unpaired) electrons. The number of ether oxygens (including phenoxy) is 1. The van der Waals surface area contributed by atoms with Crippen molar-refractivity contribution in [3.8, 4) is 17.2 Å². The Morgan fingerprint density at radius 2 is 1.81 bits per heavy atom. The van der Waals surface area contributed by atoms with E-state index in [1.54, 1.807) is 0 Å². The highest BCUT2D eigenvalue weighted by atomic mass is 16.5. The molecule has 0 heterocycles. The third-order valence-corrected chi connectivity index (χ3v) is 4.34. The summed E-state index contributed by atoms with van der Waals surface area (Å²) >= 11 is 0. The second-order valence-electron chi connectivity index (χ2n) is 6.15. The Morgan fingerprint density at radius 3 is 2.54 bits per heavy atom. The molecule has 0 spiro atoms. The van der Waals surface area contributed by atoms with E-state index < -0.39 is 35.7 Å². The van der Waals surface area contributed by atoms with E-state index in [9.17, 15) is 24.9 Å². The number of nitrogens with one attached hydrogen (secondary N) is 1. The van der Waals surface area contributed by atoms with Crippen molar-refractivity contribution in [3.63, 3.8) is 0 Å². The topological polar surface area (TPSA) is 116 Å². The molecule has 4 N–H and O–H groups in total. The van der Waals surface area contributed by atoms with E-state index in [1.165, 1.54) is 5.56 Å². The number of phenols is 3. The van der Waals surface area contributed by atoms with Crippen LogP contribution in [0.1, 0.15) is 40.4 Å². The lowest BCUT2D eigenvalue weighted by atomic mass is 9.88. The van der Waals surface area contributed by atoms with E-state index in [4.69, 9.17) is 4.74 Å². The average Bonchev–Trinajstić information content (AvgIpc) is 2.64. The number of aromatic hydroxyl groups is 3. The van der Waals surface area contributed by atoms with Gasteiger partial charge in [-0.3, -0.25) is 4.79 Å². The van der Waals surface area contributed by atoms with Crippen LogP contribution in [0.15, 0.2) is 36.4 Å². The lowest BCUT2D eigenvalue weighted by Gasteiger charge is -2.26. The summed E-state index contributed by atoms with van der Waals surface area (Å²) < 4.78 is 4.91. The Morgan fingerprint density at radius 1 is 1.12 bits per heavy atom. The van der Waals surface area contributed by atoms with Crippen LogP contribution in [-0.2, 0) is 16.0 Å². The fraction of sp³-hybridized carbons (Fsp3) is 0.263. The fourth-order valence-corrected chi connectivity index (χ4v) is 3.08. The summed E-state index contributed by atoms with van der Waals surface area (Å²) in [6, 6.07) is 9.69. The molecule has 0 aliphatic heterocycles. The van der Waals surface area contributed by atoms with Gasteiger partial charge in [-0.2, -0.15) is 0 Å². The highest BCUT2D eigenvalue weighted by Gasteiger charge is 2.22. The van der Waals surface area contributed by atoms with Gasteiger partial charge in [-0.15, -0.1) is 0 Å². The molecule has 7 nitrogen and oxygen atoms in total. The Kier molecular flexibility index (Phi) is 4.97. The zero-order valence-electron chi connectivity index (χ0n) is 13.9. The van der Waals surface area contributed by atoms with Crippen LogP contribution < -0.4 is 5.32 Å². The number of benzene rings is 2. The SMILES string of the molecule is O=C(COC(=O)c1cc(O)c(O)c(O)c1)NC1CCCc2ccccc21. The van der Waals surface area contributed by atoms with Gasteiger partial charge in [-0.05, 0) is 42.5 Å². The molecule has 26 heavy (non-hydrogen) atoms. The molecule has 1 atom stereocenters. The summed E-state index contributed by atoms with van der Waals surface area (Å²) in [6.07, 6.45) is 2.76. The molecular weight excluding hydrogens is 338 g/mol. The monoisotopic (exact) mass is 357 g/mol. The van der Waals surface area contributed by atoms with Gasteiger partial charge in [0.2, 0.25) is 0 Å². The van der Waals surface area contributed by atoms with Crippen molar-refractivity contribution in [1.82, 2.24) is 5.32 Å². The smallest absolute Gasteiger partial charge is 0.338 e. The lowest BCUT2D eigenvalue weighted by Crippen LogP contribution is -2.34. The normalized spacial score (nSPS) is 15.8. The molecule has 3 rings (SSSR count). The number of carbonyl (C=O) groups is 2. The minimum Gasteiger partial charge on any atom is -0.504 e. The van der Waals surface area contributed by atoms with Crippen LogP contribution in [-0.4, -0.2) is 33.8 Å². The number of carbonyl (C=O) groups excluding carboxylic acids is 2. The molecular formula is C19H19NO6. The maximum absolute atomic E-state index is 12.1. The van der Waals surface area contributed by atoms with E-state index in [0.717, 1.165) is 37.0 Å². The van der Waals surface area contributed by atoms with Crippen molar-refractivity contribution in [2.24, 2.45) is 0 Å². The summed E-state index contributed by atoms with van der Waals surface area (Å²) in [5, 5.41) is 31.0. The van der Waals surface area contributed by atoms with Crippen molar-refractivity contribution >= 4 is 11.9 Å². The molecule has 0 saturated carbocycles. The fourth-order valence-electron chi connectivity index (χ4n) is 3.08. The maximum Gasteiger partial charge on any atom is 0.338 e. The molecule has 0 saturated heterocycles.